The van der Waals surface area contributed by atoms with Gasteiger partial charge in [0.2, 0.25) is 0 Å². The maximum absolute atomic E-state index is 13.2. The van der Waals surface area contributed by atoms with E-state index in [1.165, 1.54) is 12.1 Å². The average molecular weight is 289 g/mol. The van der Waals surface area contributed by atoms with Crippen molar-refractivity contribution in [2.24, 2.45) is 0 Å². The van der Waals surface area contributed by atoms with Crippen LogP contribution < -0.4 is 4.74 Å². The number of rotatable bonds is 5. The molecule has 0 aliphatic carbocycles. The molecule has 5 heteroatoms. The first kappa shape index (κ1) is 12.8. The van der Waals surface area contributed by atoms with Gasteiger partial charge in [0.05, 0.1) is 4.47 Å². The minimum absolute atomic E-state index is 0.0967. The SMILES string of the molecule is O=CCCCC(=O)Oc1c(F)cccc1Br. The Balaban J connectivity index is 2.59. The van der Waals surface area contributed by atoms with Gasteiger partial charge >= 0.3 is 5.97 Å². The Kier molecular flexibility index (Phi) is 5.11. The highest BCUT2D eigenvalue weighted by molar-refractivity contribution is 9.10. The number of hydrogen-bond acceptors (Lipinski definition) is 3. The maximum atomic E-state index is 13.2. The van der Waals surface area contributed by atoms with Gasteiger partial charge in [0.15, 0.2) is 11.6 Å². The highest BCUT2D eigenvalue weighted by atomic mass is 79.9. The molecule has 0 atom stereocenters. The highest BCUT2D eigenvalue weighted by Crippen LogP contribution is 2.28. The first-order valence-corrected chi connectivity index (χ1v) is 5.52. The van der Waals surface area contributed by atoms with Gasteiger partial charge in [-0.15, -0.1) is 0 Å². The van der Waals surface area contributed by atoms with Crippen LogP contribution in [0.5, 0.6) is 5.75 Å². The number of carbonyl (C=O) groups excluding carboxylic acids is 2. The Morgan fingerprint density at radius 2 is 2.25 bits per heavy atom. The molecule has 0 aliphatic rings. The Morgan fingerprint density at radius 3 is 2.88 bits per heavy atom. The van der Waals surface area contributed by atoms with Gasteiger partial charge in [-0.1, -0.05) is 6.07 Å². The van der Waals surface area contributed by atoms with Crippen molar-refractivity contribution in [3.8, 4) is 5.75 Å². The van der Waals surface area contributed by atoms with Crippen LogP contribution in [0, 0.1) is 5.82 Å². The van der Waals surface area contributed by atoms with Gasteiger partial charge in [-0.2, -0.15) is 0 Å². The monoisotopic (exact) mass is 288 g/mol. The zero-order valence-electron chi connectivity index (χ0n) is 8.41. The number of hydrogen-bond donors (Lipinski definition) is 0. The molecule has 0 spiro atoms. The molecule has 1 rings (SSSR count). The molecule has 0 fully saturated rings. The summed E-state index contributed by atoms with van der Waals surface area (Å²) in [5.74, 6) is -1.26. The van der Waals surface area contributed by atoms with E-state index in [1.807, 2.05) is 0 Å². The molecule has 0 aromatic heterocycles. The van der Waals surface area contributed by atoms with Crippen molar-refractivity contribution in [2.75, 3.05) is 0 Å². The molecule has 0 saturated heterocycles. The zero-order chi connectivity index (χ0) is 12.0. The summed E-state index contributed by atoms with van der Waals surface area (Å²) in [5.41, 5.74) is 0. The van der Waals surface area contributed by atoms with Crippen molar-refractivity contribution in [3.05, 3.63) is 28.5 Å². The fourth-order valence-corrected chi connectivity index (χ4v) is 1.50. The van der Waals surface area contributed by atoms with E-state index in [9.17, 15) is 14.0 Å². The first-order valence-electron chi connectivity index (χ1n) is 4.73. The molecule has 0 amide bonds. The number of unbranched alkanes of at least 4 members (excludes halogenated alkanes) is 1. The molecule has 16 heavy (non-hydrogen) atoms. The van der Waals surface area contributed by atoms with Crippen LogP contribution in [-0.2, 0) is 9.59 Å². The third kappa shape index (κ3) is 3.73. The molecule has 1 aromatic carbocycles. The fourth-order valence-electron chi connectivity index (χ4n) is 1.07. The second kappa shape index (κ2) is 6.37. The summed E-state index contributed by atoms with van der Waals surface area (Å²) < 4.78 is 18.5. The van der Waals surface area contributed by atoms with Crippen LogP contribution in [-0.4, -0.2) is 12.3 Å². The van der Waals surface area contributed by atoms with Gasteiger partial charge in [-0.3, -0.25) is 4.79 Å². The van der Waals surface area contributed by atoms with E-state index in [0.717, 1.165) is 6.29 Å². The topological polar surface area (TPSA) is 43.4 Å². The summed E-state index contributed by atoms with van der Waals surface area (Å²) in [4.78, 5) is 21.3. The van der Waals surface area contributed by atoms with Crippen LogP contribution in [0.4, 0.5) is 4.39 Å². The Labute approximate surface area is 101 Å². The lowest BCUT2D eigenvalue weighted by Gasteiger charge is -2.06. The average Bonchev–Trinajstić information content (AvgIpc) is 2.24. The summed E-state index contributed by atoms with van der Waals surface area (Å²) in [7, 11) is 0. The largest absolute Gasteiger partial charge is 0.422 e. The smallest absolute Gasteiger partial charge is 0.311 e. The van der Waals surface area contributed by atoms with Crippen LogP contribution in [0.15, 0.2) is 22.7 Å². The number of para-hydroxylation sites is 1. The molecular weight excluding hydrogens is 279 g/mol. The van der Waals surface area contributed by atoms with Crippen LogP contribution in [0.25, 0.3) is 0 Å². The van der Waals surface area contributed by atoms with Gasteiger partial charge in [0, 0.05) is 12.8 Å². The second-order valence-electron chi connectivity index (χ2n) is 3.08. The molecule has 0 unspecified atom stereocenters. The molecule has 0 heterocycles. The molecule has 86 valence electrons. The van der Waals surface area contributed by atoms with Gasteiger partial charge in [-0.25, -0.2) is 4.39 Å². The minimum atomic E-state index is -0.599. The van der Waals surface area contributed by atoms with Gasteiger partial charge in [-0.05, 0) is 34.5 Å². The quantitative estimate of drug-likeness (QED) is 0.362. The number of benzene rings is 1. The van der Waals surface area contributed by atoms with Crippen molar-refractivity contribution in [2.45, 2.75) is 19.3 Å². The van der Waals surface area contributed by atoms with Crippen molar-refractivity contribution < 1.29 is 18.7 Å². The summed E-state index contributed by atoms with van der Waals surface area (Å²) >= 11 is 3.08. The summed E-state index contributed by atoms with van der Waals surface area (Å²) in [6, 6.07) is 4.29. The van der Waals surface area contributed by atoms with E-state index in [0.29, 0.717) is 17.3 Å². The van der Waals surface area contributed by atoms with Crippen molar-refractivity contribution in [3.63, 3.8) is 0 Å². The number of halogens is 2. The van der Waals surface area contributed by atoms with E-state index in [2.05, 4.69) is 15.9 Å². The van der Waals surface area contributed by atoms with E-state index in [-0.39, 0.29) is 12.2 Å². The predicted molar refractivity (Wildman–Crippen MR) is 59.7 cm³/mol. The Hall–Kier alpha value is -1.23. The minimum Gasteiger partial charge on any atom is -0.422 e. The van der Waals surface area contributed by atoms with Gasteiger partial charge < -0.3 is 9.53 Å². The number of esters is 1. The van der Waals surface area contributed by atoms with Crippen LogP contribution >= 0.6 is 15.9 Å². The number of carbonyl (C=O) groups is 2. The van der Waals surface area contributed by atoms with Crippen LogP contribution in [0.3, 0.4) is 0 Å². The molecule has 3 nitrogen and oxygen atoms in total. The molecule has 0 bridgehead atoms. The van der Waals surface area contributed by atoms with Gasteiger partial charge in [0.25, 0.3) is 0 Å². The molecular formula is C11H10BrFO3. The maximum Gasteiger partial charge on any atom is 0.311 e. The van der Waals surface area contributed by atoms with E-state index in [4.69, 9.17) is 4.74 Å². The molecule has 0 radical (unpaired) electrons. The second-order valence-corrected chi connectivity index (χ2v) is 3.94. The number of aldehydes is 1. The van der Waals surface area contributed by atoms with Crippen LogP contribution in [0.1, 0.15) is 19.3 Å². The molecule has 0 aliphatic heterocycles. The summed E-state index contributed by atoms with van der Waals surface area (Å²) in [6.45, 7) is 0. The Morgan fingerprint density at radius 1 is 1.50 bits per heavy atom. The third-order valence-electron chi connectivity index (χ3n) is 1.84. The lowest BCUT2D eigenvalue weighted by Crippen LogP contribution is -2.09. The highest BCUT2D eigenvalue weighted by Gasteiger charge is 2.12. The van der Waals surface area contributed by atoms with Crippen molar-refractivity contribution >= 4 is 28.2 Å². The lowest BCUT2D eigenvalue weighted by atomic mass is 10.2. The van der Waals surface area contributed by atoms with E-state index >= 15 is 0 Å². The summed E-state index contributed by atoms with van der Waals surface area (Å²) in [5, 5.41) is 0. The first-order chi connectivity index (χ1) is 7.65. The molecule has 1 aromatic rings. The standard InChI is InChI=1S/C11H10BrFO3/c12-8-4-3-5-9(13)11(8)16-10(15)6-1-2-7-14/h3-5,7H,1-2,6H2. The van der Waals surface area contributed by atoms with Gasteiger partial charge in [0.1, 0.15) is 6.29 Å². The summed E-state index contributed by atoms with van der Waals surface area (Å²) in [6.07, 6.45) is 1.54. The van der Waals surface area contributed by atoms with Crippen molar-refractivity contribution in [1.82, 2.24) is 0 Å². The Bertz CT molecular complexity index is 373. The van der Waals surface area contributed by atoms with Crippen molar-refractivity contribution in [1.29, 1.82) is 0 Å². The zero-order valence-corrected chi connectivity index (χ0v) is 10.00. The van der Waals surface area contributed by atoms with Crippen LogP contribution in [0.2, 0.25) is 0 Å². The number of ether oxygens (including phenoxy) is 1. The normalized spacial score (nSPS) is 9.88. The predicted octanol–water partition coefficient (Wildman–Crippen LogP) is 2.86. The van der Waals surface area contributed by atoms with E-state index < -0.39 is 11.8 Å². The molecule has 0 N–H and O–H groups in total. The van der Waals surface area contributed by atoms with E-state index in [1.54, 1.807) is 6.07 Å². The molecule has 0 saturated carbocycles. The third-order valence-corrected chi connectivity index (χ3v) is 2.46. The lowest BCUT2D eigenvalue weighted by molar-refractivity contribution is -0.134. The fraction of sp³-hybridized carbons (Fsp3) is 0.273.